The lowest BCUT2D eigenvalue weighted by atomic mass is 9.86. The number of hydrogen-bond donors (Lipinski definition) is 1. The van der Waals surface area contributed by atoms with Crippen LogP contribution in [0.3, 0.4) is 0 Å². The summed E-state index contributed by atoms with van der Waals surface area (Å²) >= 11 is 0. The van der Waals surface area contributed by atoms with Crippen LogP contribution in [0.4, 0.5) is 5.82 Å². The molecule has 102 valence electrons. The van der Waals surface area contributed by atoms with Crippen LogP contribution in [0.5, 0.6) is 0 Å². The van der Waals surface area contributed by atoms with Gasteiger partial charge in [-0.1, -0.05) is 33.8 Å². The molecule has 1 aromatic carbocycles. The van der Waals surface area contributed by atoms with Crippen LogP contribution in [0.2, 0.25) is 0 Å². The fourth-order valence-electron chi connectivity index (χ4n) is 2.28. The Labute approximate surface area is 116 Å². The number of nitrogens with one attached hydrogen (secondary N) is 1. The van der Waals surface area contributed by atoms with E-state index in [1.807, 2.05) is 0 Å². The lowest BCUT2D eigenvalue weighted by Gasteiger charge is -2.20. The van der Waals surface area contributed by atoms with Crippen LogP contribution in [0.15, 0.2) is 24.3 Å². The van der Waals surface area contributed by atoms with Crippen LogP contribution in [0.1, 0.15) is 45.7 Å². The van der Waals surface area contributed by atoms with E-state index in [2.05, 4.69) is 64.2 Å². The van der Waals surface area contributed by atoms with E-state index in [1.165, 1.54) is 16.5 Å². The summed E-state index contributed by atoms with van der Waals surface area (Å²) < 4.78 is 0. The molecule has 0 aliphatic rings. The molecule has 2 heteroatoms. The van der Waals surface area contributed by atoms with Crippen LogP contribution in [-0.2, 0) is 11.8 Å². The number of aryl methyl sites for hydroxylation is 1. The fraction of sp³-hybridized carbons (Fsp3) is 0.471. The summed E-state index contributed by atoms with van der Waals surface area (Å²) in [7, 11) is 0. The summed E-state index contributed by atoms with van der Waals surface area (Å²) in [6, 6.07) is 8.87. The van der Waals surface area contributed by atoms with Crippen molar-refractivity contribution in [3.8, 4) is 0 Å². The summed E-state index contributed by atoms with van der Waals surface area (Å²) in [5.41, 5.74) is 3.91. The molecule has 0 amide bonds. The van der Waals surface area contributed by atoms with Crippen LogP contribution in [0, 0.1) is 0 Å². The molecule has 2 nitrogen and oxygen atoms in total. The van der Waals surface area contributed by atoms with Crippen LogP contribution < -0.4 is 5.32 Å². The molecule has 0 atom stereocenters. The summed E-state index contributed by atoms with van der Waals surface area (Å²) in [5, 5.41) is 4.59. The van der Waals surface area contributed by atoms with Gasteiger partial charge < -0.3 is 5.32 Å². The van der Waals surface area contributed by atoms with E-state index < -0.39 is 0 Å². The molecule has 0 saturated carbocycles. The normalized spacial score (nSPS) is 11.8. The summed E-state index contributed by atoms with van der Waals surface area (Å²) in [6.45, 7) is 11.9. The van der Waals surface area contributed by atoms with E-state index >= 15 is 0 Å². The monoisotopic (exact) mass is 256 g/mol. The third kappa shape index (κ3) is 2.89. The summed E-state index contributed by atoms with van der Waals surface area (Å²) in [4.78, 5) is 4.75. The predicted molar refractivity (Wildman–Crippen MR) is 84.0 cm³/mol. The van der Waals surface area contributed by atoms with Crippen molar-refractivity contribution < 1.29 is 0 Å². The van der Waals surface area contributed by atoms with Gasteiger partial charge in [-0.3, -0.25) is 0 Å². The molecule has 19 heavy (non-hydrogen) atoms. The van der Waals surface area contributed by atoms with Gasteiger partial charge >= 0.3 is 0 Å². The average molecular weight is 256 g/mol. The van der Waals surface area contributed by atoms with E-state index in [-0.39, 0.29) is 5.41 Å². The maximum atomic E-state index is 4.75. The Balaban J connectivity index is 2.58. The Morgan fingerprint density at radius 2 is 1.84 bits per heavy atom. The Hall–Kier alpha value is -1.57. The molecular weight excluding hydrogens is 232 g/mol. The Morgan fingerprint density at radius 3 is 2.42 bits per heavy atom. The highest BCUT2D eigenvalue weighted by molar-refractivity contribution is 5.82. The van der Waals surface area contributed by atoms with Gasteiger partial charge in [0.05, 0.1) is 5.52 Å². The van der Waals surface area contributed by atoms with Crippen LogP contribution in [0.25, 0.3) is 10.9 Å². The zero-order valence-electron chi connectivity index (χ0n) is 12.7. The number of anilines is 1. The van der Waals surface area contributed by atoms with Crippen molar-refractivity contribution >= 4 is 16.7 Å². The van der Waals surface area contributed by atoms with E-state index in [0.29, 0.717) is 0 Å². The molecule has 0 radical (unpaired) electrons. The Bertz CT molecular complexity index is 580. The second-order valence-corrected chi connectivity index (χ2v) is 6.04. The first-order valence-corrected chi connectivity index (χ1v) is 7.13. The number of benzene rings is 1. The quantitative estimate of drug-likeness (QED) is 0.873. The third-order valence-electron chi connectivity index (χ3n) is 3.48. The number of hydrogen-bond acceptors (Lipinski definition) is 2. The highest BCUT2D eigenvalue weighted by atomic mass is 15.0. The minimum Gasteiger partial charge on any atom is -0.370 e. The molecule has 0 fully saturated rings. The molecule has 0 aliphatic carbocycles. The molecule has 0 saturated heterocycles. The fourth-order valence-corrected chi connectivity index (χ4v) is 2.28. The summed E-state index contributed by atoms with van der Waals surface area (Å²) in [6.07, 6.45) is 1.00. The maximum Gasteiger partial charge on any atom is 0.129 e. The summed E-state index contributed by atoms with van der Waals surface area (Å²) in [5.74, 6) is 1.03. The molecule has 0 bridgehead atoms. The van der Waals surface area contributed by atoms with Crippen molar-refractivity contribution in [2.24, 2.45) is 0 Å². The highest BCUT2D eigenvalue weighted by Gasteiger charge is 2.14. The molecule has 0 spiro atoms. The lowest BCUT2D eigenvalue weighted by molar-refractivity contribution is 0.591. The van der Waals surface area contributed by atoms with E-state index in [9.17, 15) is 0 Å². The second kappa shape index (κ2) is 5.20. The van der Waals surface area contributed by atoms with Gasteiger partial charge in [0.2, 0.25) is 0 Å². The van der Waals surface area contributed by atoms with Gasteiger partial charge in [-0.2, -0.15) is 0 Å². The molecule has 1 N–H and O–H groups in total. The van der Waals surface area contributed by atoms with Crippen molar-refractivity contribution in [3.05, 3.63) is 35.4 Å². The SMILES string of the molecule is CCNc1nc2ccc(C(C)(C)C)cc2cc1CC. The van der Waals surface area contributed by atoms with Crippen molar-refractivity contribution in [2.75, 3.05) is 11.9 Å². The number of fused-ring (bicyclic) bond motifs is 1. The number of rotatable bonds is 3. The largest absolute Gasteiger partial charge is 0.370 e. The minimum atomic E-state index is 0.181. The zero-order valence-corrected chi connectivity index (χ0v) is 12.7. The number of aromatic nitrogens is 1. The molecule has 2 rings (SSSR count). The van der Waals surface area contributed by atoms with E-state index in [1.54, 1.807) is 0 Å². The Kier molecular flexibility index (Phi) is 3.79. The molecule has 0 unspecified atom stereocenters. The Morgan fingerprint density at radius 1 is 1.11 bits per heavy atom. The van der Waals surface area contributed by atoms with Gasteiger partial charge in [0, 0.05) is 11.9 Å². The zero-order chi connectivity index (χ0) is 14.0. The molecule has 0 aliphatic heterocycles. The average Bonchev–Trinajstić information content (AvgIpc) is 2.36. The maximum absolute atomic E-state index is 4.75. The minimum absolute atomic E-state index is 0.181. The topological polar surface area (TPSA) is 24.9 Å². The molecule has 1 heterocycles. The van der Waals surface area contributed by atoms with Crippen molar-refractivity contribution in [2.45, 2.75) is 46.5 Å². The van der Waals surface area contributed by atoms with Crippen molar-refractivity contribution in [1.82, 2.24) is 4.98 Å². The van der Waals surface area contributed by atoms with Gasteiger partial charge in [-0.25, -0.2) is 4.98 Å². The van der Waals surface area contributed by atoms with Crippen LogP contribution in [-0.4, -0.2) is 11.5 Å². The highest BCUT2D eigenvalue weighted by Crippen LogP contribution is 2.27. The van der Waals surface area contributed by atoms with Gasteiger partial charge in [-0.15, -0.1) is 0 Å². The first-order chi connectivity index (χ1) is 8.95. The standard InChI is InChI=1S/C17H24N2/c1-6-12-10-13-11-14(17(3,4)5)8-9-15(13)19-16(12)18-7-2/h8-11H,6-7H2,1-5H3,(H,18,19). The van der Waals surface area contributed by atoms with Crippen molar-refractivity contribution in [1.29, 1.82) is 0 Å². The van der Waals surface area contributed by atoms with E-state index in [0.717, 1.165) is 24.3 Å². The van der Waals surface area contributed by atoms with Gasteiger partial charge in [0.1, 0.15) is 5.82 Å². The number of nitrogens with zero attached hydrogens (tertiary/aromatic N) is 1. The van der Waals surface area contributed by atoms with Gasteiger partial charge in [-0.05, 0) is 48.1 Å². The van der Waals surface area contributed by atoms with E-state index in [4.69, 9.17) is 4.98 Å². The number of pyridine rings is 1. The van der Waals surface area contributed by atoms with Gasteiger partial charge in [0.25, 0.3) is 0 Å². The lowest BCUT2D eigenvalue weighted by Crippen LogP contribution is -2.11. The third-order valence-corrected chi connectivity index (χ3v) is 3.48. The molecule has 1 aromatic heterocycles. The molecular formula is C17H24N2. The smallest absolute Gasteiger partial charge is 0.129 e. The second-order valence-electron chi connectivity index (χ2n) is 6.04. The first kappa shape index (κ1) is 13.9. The van der Waals surface area contributed by atoms with Gasteiger partial charge in [0.15, 0.2) is 0 Å². The first-order valence-electron chi connectivity index (χ1n) is 7.13. The van der Waals surface area contributed by atoms with Crippen LogP contribution >= 0.6 is 0 Å². The van der Waals surface area contributed by atoms with Crippen molar-refractivity contribution in [3.63, 3.8) is 0 Å². The predicted octanol–water partition coefficient (Wildman–Crippen LogP) is 4.53. The molecule has 2 aromatic rings.